The molecule has 2 aromatic carbocycles. The van der Waals surface area contributed by atoms with E-state index in [-0.39, 0.29) is 30.2 Å². The Labute approximate surface area is 185 Å². The van der Waals surface area contributed by atoms with Gasteiger partial charge in [-0.1, -0.05) is 42.5 Å². The first kappa shape index (κ1) is 22.4. The number of nitrogens with one attached hydrogen (secondary N) is 2. The lowest BCUT2D eigenvalue weighted by atomic mass is 10.1. The molecular formula is C23H25FN4O2S. The number of thiazole rings is 1. The fourth-order valence-electron chi connectivity index (χ4n) is 2.97. The van der Waals surface area contributed by atoms with Crippen molar-refractivity contribution in [3.63, 3.8) is 0 Å². The number of carbonyl (C=O) groups excluding carboxylic acids is 2. The average molecular weight is 441 g/mol. The summed E-state index contributed by atoms with van der Waals surface area (Å²) in [6.07, 6.45) is 0. The van der Waals surface area contributed by atoms with Gasteiger partial charge in [-0.15, -0.1) is 11.3 Å². The van der Waals surface area contributed by atoms with Crippen molar-refractivity contribution < 1.29 is 14.0 Å². The molecule has 0 fully saturated rings. The van der Waals surface area contributed by atoms with Crippen molar-refractivity contribution in [3.8, 4) is 0 Å². The summed E-state index contributed by atoms with van der Waals surface area (Å²) in [5.41, 5.74) is 1.43. The van der Waals surface area contributed by atoms with Crippen molar-refractivity contribution in [2.24, 2.45) is 0 Å². The Morgan fingerprint density at radius 2 is 1.74 bits per heavy atom. The van der Waals surface area contributed by atoms with E-state index in [1.807, 2.05) is 51.1 Å². The smallest absolute Gasteiger partial charge is 0.322 e. The van der Waals surface area contributed by atoms with Crippen LogP contribution in [0.1, 0.15) is 47.9 Å². The van der Waals surface area contributed by atoms with Crippen LogP contribution in [0.15, 0.2) is 60.0 Å². The molecule has 1 heterocycles. The van der Waals surface area contributed by atoms with E-state index in [1.165, 1.54) is 23.5 Å². The van der Waals surface area contributed by atoms with E-state index in [0.717, 1.165) is 5.56 Å². The molecule has 162 valence electrons. The normalized spacial score (nSPS) is 11.8. The third kappa shape index (κ3) is 5.88. The number of nitrogens with zero attached hydrogens (tertiary/aromatic N) is 2. The van der Waals surface area contributed by atoms with E-state index in [4.69, 9.17) is 0 Å². The largest absolute Gasteiger partial charge is 0.344 e. The number of benzene rings is 2. The second kappa shape index (κ2) is 10.2. The highest BCUT2D eigenvalue weighted by Crippen LogP contribution is 2.19. The van der Waals surface area contributed by atoms with Gasteiger partial charge in [-0.05, 0) is 38.5 Å². The van der Waals surface area contributed by atoms with Gasteiger partial charge in [0, 0.05) is 11.4 Å². The summed E-state index contributed by atoms with van der Waals surface area (Å²) in [5.74, 6) is -0.772. The van der Waals surface area contributed by atoms with E-state index in [9.17, 15) is 14.0 Å². The second-order valence-electron chi connectivity index (χ2n) is 7.36. The van der Waals surface area contributed by atoms with E-state index in [0.29, 0.717) is 10.7 Å². The summed E-state index contributed by atoms with van der Waals surface area (Å²) in [5, 5.41) is 7.83. The number of carbonyl (C=O) groups is 2. The van der Waals surface area contributed by atoms with E-state index >= 15 is 0 Å². The van der Waals surface area contributed by atoms with Crippen LogP contribution in [-0.4, -0.2) is 27.9 Å². The van der Waals surface area contributed by atoms with Crippen LogP contribution in [0.5, 0.6) is 0 Å². The summed E-state index contributed by atoms with van der Waals surface area (Å²) in [6, 6.07) is 14.9. The molecule has 0 saturated carbocycles. The molecule has 1 unspecified atom stereocenters. The molecule has 0 aliphatic heterocycles. The number of hydrogen-bond donors (Lipinski definition) is 2. The number of aromatic nitrogens is 1. The Morgan fingerprint density at radius 1 is 1.06 bits per heavy atom. The monoisotopic (exact) mass is 440 g/mol. The SMILES string of the molecule is CC(NC(=O)c1csc(CN(C(=O)Nc2ccccc2F)C(C)C)n1)c1ccccc1. The Balaban J connectivity index is 1.65. The van der Waals surface area contributed by atoms with Crippen LogP contribution in [0.2, 0.25) is 0 Å². The van der Waals surface area contributed by atoms with E-state index < -0.39 is 11.8 Å². The lowest BCUT2D eigenvalue weighted by Gasteiger charge is -2.26. The summed E-state index contributed by atoms with van der Waals surface area (Å²) in [6.45, 7) is 5.85. The third-order valence-corrected chi connectivity index (χ3v) is 5.57. The lowest BCUT2D eigenvalue weighted by molar-refractivity contribution is 0.0935. The standard InChI is InChI=1S/C23H25FN4O2S/c1-15(2)28(23(30)27-19-12-8-7-11-18(19)24)13-21-26-20(14-31-21)22(29)25-16(3)17-9-5-4-6-10-17/h4-12,14-16H,13H2,1-3H3,(H,25,29)(H,27,30). The minimum Gasteiger partial charge on any atom is -0.344 e. The molecule has 3 rings (SSSR count). The van der Waals surface area contributed by atoms with Gasteiger partial charge in [-0.3, -0.25) is 4.79 Å². The van der Waals surface area contributed by atoms with E-state index in [2.05, 4.69) is 15.6 Å². The molecule has 3 aromatic rings. The predicted molar refractivity (Wildman–Crippen MR) is 121 cm³/mol. The molecule has 1 aromatic heterocycles. The first-order chi connectivity index (χ1) is 14.8. The van der Waals surface area contributed by atoms with Crippen molar-refractivity contribution >= 4 is 29.0 Å². The lowest BCUT2D eigenvalue weighted by Crippen LogP contribution is -2.39. The maximum atomic E-state index is 13.9. The molecule has 0 radical (unpaired) electrons. The van der Waals surface area contributed by atoms with E-state index in [1.54, 1.807) is 22.4 Å². The number of para-hydroxylation sites is 1. The minimum atomic E-state index is -0.500. The van der Waals surface area contributed by atoms with Crippen LogP contribution in [0.4, 0.5) is 14.9 Å². The predicted octanol–water partition coefficient (Wildman–Crippen LogP) is 5.22. The number of amides is 3. The molecular weight excluding hydrogens is 415 g/mol. The van der Waals surface area contributed by atoms with Gasteiger partial charge in [0.2, 0.25) is 0 Å². The Bertz CT molecular complexity index is 1040. The molecule has 0 bridgehead atoms. The molecule has 0 spiro atoms. The average Bonchev–Trinajstić information content (AvgIpc) is 3.23. The number of hydrogen-bond acceptors (Lipinski definition) is 4. The molecule has 1 atom stereocenters. The highest BCUT2D eigenvalue weighted by atomic mass is 32.1. The van der Waals surface area contributed by atoms with Gasteiger partial charge >= 0.3 is 6.03 Å². The quantitative estimate of drug-likeness (QED) is 0.529. The van der Waals surface area contributed by atoms with Crippen LogP contribution in [0.25, 0.3) is 0 Å². The zero-order valence-electron chi connectivity index (χ0n) is 17.6. The number of urea groups is 1. The van der Waals surface area contributed by atoms with Crippen molar-refractivity contribution in [2.45, 2.75) is 39.4 Å². The van der Waals surface area contributed by atoms with Gasteiger partial charge in [0.15, 0.2) is 0 Å². The van der Waals surface area contributed by atoms with Crippen molar-refractivity contribution in [2.75, 3.05) is 5.32 Å². The van der Waals surface area contributed by atoms with Crippen molar-refractivity contribution in [1.29, 1.82) is 0 Å². The van der Waals surface area contributed by atoms with Crippen LogP contribution in [0, 0.1) is 5.82 Å². The van der Waals surface area contributed by atoms with Crippen LogP contribution in [0.3, 0.4) is 0 Å². The molecule has 6 nitrogen and oxygen atoms in total. The maximum absolute atomic E-state index is 13.9. The van der Waals surface area contributed by atoms with Gasteiger partial charge < -0.3 is 15.5 Å². The van der Waals surface area contributed by atoms with Crippen LogP contribution >= 0.6 is 11.3 Å². The molecule has 0 aliphatic rings. The number of rotatable bonds is 7. The zero-order chi connectivity index (χ0) is 22.4. The topological polar surface area (TPSA) is 74.3 Å². The first-order valence-corrected chi connectivity index (χ1v) is 10.9. The van der Waals surface area contributed by atoms with Gasteiger partial charge in [-0.25, -0.2) is 14.2 Å². The highest BCUT2D eigenvalue weighted by Gasteiger charge is 2.21. The first-order valence-electron chi connectivity index (χ1n) is 9.97. The fourth-order valence-corrected chi connectivity index (χ4v) is 3.74. The fraction of sp³-hybridized carbons (Fsp3) is 0.261. The molecule has 3 amide bonds. The van der Waals surface area contributed by atoms with Crippen LogP contribution in [-0.2, 0) is 6.54 Å². The zero-order valence-corrected chi connectivity index (χ0v) is 18.4. The van der Waals surface area contributed by atoms with Gasteiger partial charge in [0.25, 0.3) is 5.91 Å². The molecule has 31 heavy (non-hydrogen) atoms. The van der Waals surface area contributed by atoms with Crippen molar-refractivity contribution in [1.82, 2.24) is 15.2 Å². The molecule has 0 aliphatic carbocycles. The Kier molecular flexibility index (Phi) is 7.36. The summed E-state index contributed by atoms with van der Waals surface area (Å²) in [7, 11) is 0. The molecule has 0 saturated heterocycles. The van der Waals surface area contributed by atoms with Crippen LogP contribution < -0.4 is 10.6 Å². The summed E-state index contributed by atoms with van der Waals surface area (Å²) in [4.78, 5) is 31.2. The maximum Gasteiger partial charge on any atom is 0.322 e. The van der Waals surface area contributed by atoms with Gasteiger partial charge in [0.05, 0.1) is 18.3 Å². The third-order valence-electron chi connectivity index (χ3n) is 4.74. The Hall–Kier alpha value is -3.26. The Morgan fingerprint density at radius 3 is 2.42 bits per heavy atom. The van der Waals surface area contributed by atoms with Crippen molar-refractivity contribution in [3.05, 3.63) is 82.1 Å². The highest BCUT2D eigenvalue weighted by molar-refractivity contribution is 7.09. The summed E-state index contributed by atoms with van der Waals surface area (Å²) >= 11 is 1.31. The number of anilines is 1. The molecule has 8 heteroatoms. The minimum absolute atomic E-state index is 0.118. The molecule has 2 N–H and O–H groups in total. The number of halogens is 1. The summed E-state index contributed by atoms with van der Waals surface area (Å²) < 4.78 is 13.9. The van der Waals surface area contributed by atoms with Gasteiger partial charge in [0.1, 0.15) is 16.5 Å². The second-order valence-corrected chi connectivity index (χ2v) is 8.31. The van der Waals surface area contributed by atoms with Gasteiger partial charge in [-0.2, -0.15) is 0 Å².